The molecule has 0 amide bonds. The molecule has 84 valence electrons. The van der Waals surface area contributed by atoms with E-state index in [4.69, 9.17) is 5.14 Å². The Bertz CT molecular complexity index is 636. The topological polar surface area (TPSA) is 89.6 Å². The second-order valence-electron chi connectivity index (χ2n) is 3.27. The minimum absolute atomic E-state index is 0.0975. The van der Waals surface area contributed by atoms with Gasteiger partial charge in [-0.1, -0.05) is 12.1 Å². The molecule has 0 saturated carbocycles. The third kappa shape index (κ3) is 2.41. The van der Waals surface area contributed by atoms with Crippen LogP contribution in [0.3, 0.4) is 0 Å². The van der Waals surface area contributed by atoms with E-state index < -0.39 is 10.3 Å². The normalized spacial score (nSPS) is 11.6. The van der Waals surface area contributed by atoms with Crippen LogP contribution >= 0.6 is 0 Å². The number of benzene rings is 2. The van der Waals surface area contributed by atoms with E-state index in [1.54, 1.807) is 18.2 Å². The highest BCUT2D eigenvalue weighted by Gasteiger charge is 2.05. The first-order valence-corrected chi connectivity index (χ1v) is 5.86. The zero-order chi connectivity index (χ0) is 11.8. The van der Waals surface area contributed by atoms with Gasteiger partial charge in [-0.15, -0.1) is 0 Å². The second-order valence-corrected chi connectivity index (χ2v) is 4.42. The van der Waals surface area contributed by atoms with Gasteiger partial charge in [-0.05, 0) is 35.0 Å². The highest BCUT2D eigenvalue weighted by molar-refractivity contribution is 7.84. The van der Waals surface area contributed by atoms with Gasteiger partial charge in [0, 0.05) is 0 Å². The van der Waals surface area contributed by atoms with Gasteiger partial charge in [0.2, 0.25) is 0 Å². The molecule has 0 bridgehead atoms. The SMILES string of the molecule is NS(=O)(=O)Oc1ccc2ccc(O)cc2c1. The maximum absolute atomic E-state index is 10.7. The standard InChI is InChI=1S/C10H9NO4S/c11-16(13,14)15-10-4-2-7-1-3-9(12)5-8(7)6-10/h1-6,12H,(H2,11,13,14). The Balaban J connectivity index is 2.51. The van der Waals surface area contributed by atoms with Crippen molar-refractivity contribution in [2.45, 2.75) is 0 Å². The molecule has 2 aromatic rings. The summed E-state index contributed by atoms with van der Waals surface area (Å²) < 4.78 is 25.9. The first kappa shape index (κ1) is 10.7. The van der Waals surface area contributed by atoms with Crippen molar-refractivity contribution in [1.82, 2.24) is 0 Å². The molecule has 0 aliphatic rings. The summed E-state index contributed by atoms with van der Waals surface area (Å²) in [6, 6.07) is 9.41. The first-order chi connectivity index (χ1) is 7.44. The fourth-order valence-corrected chi connectivity index (χ4v) is 1.77. The Morgan fingerprint density at radius 2 is 1.75 bits per heavy atom. The average molecular weight is 239 g/mol. The second kappa shape index (κ2) is 3.66. The molecule has 0 heterocycles. The summed E-state index contributed by atoms with van der Waals surface area (Å²) in [5, 5.41) is 15.5. The van der Waals surface area contributed by atoms with E-state index in [1.807, 2.05) is 0 Å². The highest BCUT2D eigenvalue weighted by Crippen LogP contribution is 2.24. The molecule has 0 saturated heterocycles. The monoisotopic (exact) mass is 239 g/mol. The summed E-state index contributed by atoms with van der Waals surface area (Å²) in [6.45, 7) is 0. The number of hydrogen-bond donors (Lipinski definition) is 2. The van der Waals surface area contributed by atoms with E-state index in [0.29, 0.717) is 5.39 Å². The van der Waals surface area contributed by atoms with Gasteiger partial charge in [0.15, 0.2) is 0 Å². The van der Waals surface area contributed by atoms with Crippen molar-refractivity contribution in [3.05, 3.63) is 36.4 Å². The van der Waals surface area contributed by atoms with Gasteiger partial charge >= 0.3 is 10.3 Å². The van der Waals surface area contributed by atoms with Gasteiger partial charge in [0.25, 0.3) is 0 Å². The molecule has 16 heavy (non-hydrogen) atoms. The van der Waals surface area contributed by atoms with E-state index in [9.17, 15) is 13.5 Å². The van der Waals surface area contributed by atoms with Crippen molar-refractivity contribution in [3.63, 3.8) is 0 Å². The summed E-state index contributed by atoms with van der Waals surface area (Å²) in [5.74, 6) is 0.209. The fraction of sp³-hybridized carbons (Fsp3) is 0. The zero-order valence-electron chi connectivity index (χ0n) is 8.12. The third-order valence-electron chi connectivity index (χ3n) is 2.01. The summed E-state index contributed by atoms with van der Waals surface area (Å²) >= 11 is 0. The molecule has 0 atom stereocenters. The summed E-state index contributed by atoms with van der Waals surface area (Å²) in [4.78, 5) is 0. The molecule has 5 nitrogen and oxygen atoms in total. The molecule has 2 rings (SSSR count). The molecule has 0 unspecified atom stereocenters. The van der Waals surface area contributed by atoms with Crippen LogP contribution < -0.4 is 9.32 Å². The average Bonchev–Trinajstić information content (AvgIpc) is 2.14. The van der Waals surface area contributed by atoms with Crippen molar-refractivity contribution in [1.29, 1.82) is 0 Å². The number of phenolic OH excluding ortho intramolecular Hbond substituents is 1. The van der Waals surface area contributed by atoms with Gasteiger partial charge in [-0.25, -0.2) is 0 Å². The van der Waals surface area contributed by atoms with Crippen LogP contribution in [0.25, 0.3) is 10.8 Å². The number of hydrogen-bond acceptors (Lipinski definition) is 4. The van der Waals surface area contributed by atoms with Gasteiger partial charge in [-0.2, -0.15) is 13.6 Å². The van der Waals surface area contributed by atoms with Crippen molar-refractivity contribution >= 4 is 21.1 Å². The maximum atomic E-state index is 10.7. The van der Waals surface area contributed by atoms with E-state index in [1.165, 1.54) is 18.2 Å². The molecule has 0 aliphatic carbocycles. The minimum Gasteiger partial charge on any atom is -0.508 e. The molecule has 2 aromatic carbocycles. The van der Waals surface area contributed by atoms with Crippen LogP contribution in [-0.4, -0.2) is 13.5 Å². The quantitative estimate of drug-likeness (QED) is 0.822. The molecule has 0 radical (unpaired) electrons. The molecule has 0 aromatic heterocycles. The molecule has 3 N–H and O–H groups in total. The molecule has 0 aliphatic heterocycles. The Kier molecular flexibility index (Phi) is 2.45. The Labute approximate surface area is 92.3 Å². The lowest BCUT2D eigenvalue weighted by Crippen LogP contribution is -2.18. The summed E-state index contributed by atoms with van der Waals surface area (Å²) in [6.07, 6.45) is 0. The molecule has 0 fully saturated rings. The van der Waals surface area contributed by atoms with Crippen LogP contribution in [0, 0.1) is 0 Å². The van der Waals surface area contributed by atoms with Gasteiger partial charge in [0.1, 0.15) is 11.5 Å². The largest absolute Gasteiger partial charge is 0.508 e. The van der Waals surface area contributed by atoms with Crippen LogP contribution in [-0.2, 0) is 10.3 Å². The van der Waals surface area contributed by atoms with Gasteiger partial charge in [0.05, 0.1) is 0 Å². The number of aromatic hydroxyl groups is 1. The van der Waals surface area contributed by atoms with Crippen molar-refractivity contribution < 1.29 is 17.7 Å². The maximum Gasteiger partial charge on any atom is 0.380 e. The van der Waals surface area contributed by atoms with E-state index in [-0.39, 0.29) is 11.5 Å². The smallest absolute Gasteiger partial charge is 0.380 e. The van der Waals surface area contributed by atoms with Crippen LogP contribution in [0.15, 0.2) is 36.4 Å². The number of rotatable bonds is 2. The Morgan fingerprint density at radius 3 is 2.44 bits per heavy atom. The minimum atomic E-state index is -4.02. The van der Waals surface area contributed by atoms with E-state index in [0.717, 1.165) is 5.39 Å². The van der Waals surface area contributed by atoms with Gasteiger partial charge < -0.3 is 9.29 Å². The summed E-state index contributed by atoms with van der Waals surface area (Å²) in [5.41, 5.74) is 0. The molecule has 0 spiro atoms. The number of nitrogens with two attached hydrogens (primary N) is 1. The van der Waals surface area contributed by atoms with Gasteiger partial charge in [-0.3, -0.25) is 0 Å². The van der Waals surface area contributed by atoms with Crippen LogP contribution in [0.4, 0.5) is 0 Å². The van der Waals surface area contributed by atoms with Crippen molar-refractivity contribution in [2.24, 2.45) is 5.14 Å². The number of phenols is 1. The fourth-order valence-electron chi connectivity index (χ4n) is 1.40. The molecular weight excluding hydrogens is 230 g/mol. The third-order valence-corrected chi connectivity index (χ3v) is 2.43. The Hall–Kier alpha value is -1.79. The van der Waals surface area contributed by atoms with E-state index >= 15 is 0 Å². The predicted octanol–water partition coefficient (Wildman–Crippen LogP) is 1.13. The number of fused-ring (bicyclic) bond motifs is 1. The molecular formula is C10H9NO4S. The van der Waals surface area contributed by atoms with Crippen molar-refractivity contribution in [3.8, 4) is 11.5 Å². The highest BCUT2D eigenvalue weighted by atomic mass is 32.2. The lowest BCUT2D eigenvalue weighted by atomic mass is 10.1. The first-order valence-electron chi connectivity index (χ1n) is 4.39. The molecule has 6 heteroatoms. The van der Waals surface area contributed by atoms with E-state index in [2.05, 4.69) is 4.18 Å². The Morgan fingerprint density at radius 1 is 1.06 bits per heavy atom. The van der Waals surface area contributed by atoms with Crippen molar-refractivity contribution in [2.75, 3.05) is 0 Å². The summed E-state index contributed by atoms with van der Waals surface area (Å²) in [7, 11) is -4.02. The lowest BCUT2D eigenvalue weighted by molar-refractivity contribution is 0.476. The van der Waals surface area contributed by atoms with Crippen LogP contribution in [0.1, 0.15) is 0 Å². The zero-order valence-corrected chi connectivity index (χ0v) is 8.94. The predicted molar refractivity (Wildman–Crippen MR) is 59.3 cm³/mol. The lowest BCUT2D eigenvalue weighted by Gasteiger charge is -2.04. The van der Waals surface area contributed by atoms with Crippen LogP contribution in [0.5, 0.6) is 11.5 Å². The van der Waals surface area contributed by atoms with Crippen LogP contribution in [0.2, 0.25) is 0 Å².